The fraction of sp³-hybridized carbons (Fsp3) is 0. The summed E-state index contributed by atoms with van der Waals surface area (Å²) in [7, 11) is 0. The van der Waals surface area contributed by atoms with Crippen LogP contribution in [0, 0.1) is 0 Å². The average Bonchev–Trinajstić information content (AvgIpc) is 0. The fourth-order valence-electron chi connectivity index (χ4n) is 0. The van der Waals surface area contributed by atoms with Crippen molar-refractivity contribution in [2.24, 2.45) is 0 Å². The molecule has 0 bridgehead atoms. The van der Waals surface area contributed by atoms with Crippen LogP contribution in [0.5, 0.6) is 0 Å². The van der Waals surface area contributed by atoms with Crippen LogP contribution >= 0.6 is 0 Å². The van der Waals surface area contributed by atoms with Crippen molar-refractivity contribution in [1.82, 2.24) is 0 Å². The molecule has 0 spiro atoms. The number of hydrogen-bond acceptors (Lipinski definition) is 0. The quantitative estimate of drug-likeness (QED) is 0.510. The molecule has 0 rings (SSSR count). The molecule has 0 fully saturated rings. The third kappa shape index (κ3) is 9.91. The molecule has 0 saturated carbocycles. The average molecular weight is 224 g/mol. The smallest absolute Gasteiger partial charge is 2.00 e. The fourth-order valence-corrected chi connectivity index (χ4v) is 0. The molecule has 2 nitrogen and oxygen atoms in total. The van der Waals surface area contributed by atoms with Crippen LogP contribution in [-0.2, 0) is 56.6 Å². The Labute approximate surface area is 56.5 Å². The molecule has 0 aromatic rings. The maximum absolute atomic E-state index is 0. The summed E-state index contributed by atoms with van der Waals surface area (Å²) in [5, 5.41) is 0. The van der Waals surface area contributed by atoms with Crippen LogP contribution in [0.1, 0.15) is 0 Å². The summed E-state index contributed by atoms with van der Waals surface area (Å²) in [5.74, 6) is 0. The zero-order chi connectivity index (χ0) is 0. The maximum Gasteiger partial charge on any atom is 4.00 e. The summed E-state index contributed by atoms with van der Waals surface area (Å²) in [5.41, 5.74) is 0. The number of hydrogen-bond donors (Lipinski definition) is 0. The summed E-state index contributed by atoms with van der Waals surface area (Å²) < 4.78 is 0. The summed E-state index contributed by atoms with van der Waals surface area (Å²) >= 11 is 0. The molecule has 0 amide bonds. The van der Waals surface area contributed by atoms with Gasteiger partial charge >= 0.3 is 19.5 Å². The molecule has 4 heteroatoms. The first-order chi connectivity index (χ1) is 0. The Kier molecular flexibility index (Phi) is 334. The van der Waals surface area contributed by atoms with Gasteiger partial charge in [-0.25, -0.2) is 0 Å². The van der Waals surface area contributed by atoms with E-state index >= 15 is 0 Å². The van der Waals surface area contributed by atoms with Gasteiger partial charge in [-0.2, -0.15) is 0 Å². The molecule has 4 heavy (non-hydrogen) atoms. The predicted octanol–water partition coefficient (Wildman–Crippen LogP) is -0.243. The zero-order valence-corrected chi connectivity index (χ0v) is 5.87. The maximum atomic E-state index is 0. The number of rotatable bonds is 0. The Hall–Kier alpha value is 1.43. The first kappa shape index (κ1) is 52.3. The minimum atomic E-state index is 0. The van der Waals surface area contributed by atoms with Gasteiger partial charge in [0, 0.05) is 26.2 Å². The minimum Gasteiger partial charge on any atom is -2.00 e. The topological polar surface area (TPSA) is 57.0 Å². The molecular formula is O2RuZr. The van der Waals surface area contributed by atoms with Crippen LogP contribution in [-0.4, -0.2) is 0 Å². The van der Waals surface area contributed by atoms with Crippen molar-refractivity contribution < 1.29 is 56.6 Å². The second-order valence-corrected chi connectivity index (χ2v) is 0. The van der Waals surface area contributed by atoms with Crippen molar-refractivity contribution in [2.75, 3.05) is 0 Å². The Morgan fingerprint density at radius 3 is 0.750 bits per heavy atom. The predicted molar refractivity (Wildman–Crippen MR) is 1.37 cm³/mol. The monoisotopic (exact) mass is 224 g/mol. The Morgan fingerprint density at radius 1 is 0.750 bits per heavy atom. The van der Waals surface area contributed by atoms with Gasteiger partial charge in [0.1, 0.15) is 0 Å². The van der Waals surface area contributed by atoms with E-state index in [2.05, 4.69) is 0 Å². The third-order valence-corrected chi connectivity index (χ3v) is 0. The Balaban J connectivity index is 0. The zero-order valence-electron chi connectivity index (χ0n) is 1.67. The van der Waals surface area contributed by atoms with Crippen molar-refractivity contribution >= 4 is 0 Å². The first-order valence-electron chi connectivity index (χ1n) is 0. The van der Waals surface area contributed by atoms with Crippen molar-refractivity contribution in [3.8, 4) is 0 Å². The van der Waals surface area contributed by atoms with Crippen molar-refractivity contribution in [3.63, 3.8) is 0 Å². The van der Waals surface area contributed by atoms with Crippen LogP contribution < -0.4 is 0 Å². The van der Waals surface area contributed by atoms with E-state index in [0.29, 0.717) is 0 Å². The van der Waals surface area contributed by atoms with Crippen LogP contribution in [0.4, 0.5) is 0 Å². The van der Waals surface area contributed by atoms with E-state index in [0.717, 1.165) is 0 Å². The van der Waals surface area contributed by atoms with Gasteiger partial charge < -0.3 is 11.0 Å². The molecule has 0 aliphatic carbocycles. The van der Waals surface area contributed by atoms with Crippen LogP contribution in [0.2, 0.25) is 0 Å². The normalized spacial score (nSPS) is 0. The molecular weight excluding hydrogens is 224 g/mol. The van der Waals surface area contributed by atoms with E-state index in [1.54, 1.807) is 0 Å². The molecule has 0 atom stereocenters. The molecule has 0 saturated heterocycles. The van der Waals surface area contributed by atoms with Crippen molar-refractivity contribution in [2.45, 2.75) is 0 Å². The molecule has 0 aromatic heterocycles. The van der Waals surface area contributed by atoms with Crippen LogP contribution in [0.25, 0.3) is 0 Å². The molecule has 0 unspecified atom stereocenters. The molecule has 0 aliphatic rings. The second-order valence-electron chi connectivity index (χ2n) is 0. The van der Waals surface area contributed by atoms with Gasteiger partial charge in [0.15, 0.2) is 0 Å². The third-order valence-electron chi connectivity index (χ3n) is 0. The Morgan fingerprint density at radius 2 is 0.750 bits per heavy atom. The van der Waals surface area contributed by atoms with E-state index < -0.39 is 0 Å². The first-order valence-corrected chi connectivity index (χ1v) is 0. The van der Waals surface area contributed by atoms with Crippen LogP contribution in [0.3, 0.4) is 0 Å². The standard InChI is InChI=1S/2O.Ru.Zr/q2*-2;+4;. The van der Waals surface area contributed by atoms with Crippen molar-refractivity contribution in [1.29, 1.82) is 0 Å². The summed E-state index contributed by atoms with van der Waals surface area (Å²) in [4.78, 5) is 0. The molecule has 0 N–H and O–H groups in total. The van der Waals surface area contributed by atoms with E-state index in [9.17, 15) is 0 Å². The molecule has 24 valence electrons. The largest absolute Gasteiger partial charge is 4.00 e. The van der Waals surface area contributed by atoms with Gasteiger partial charge in [0.2, 0.25) is 0 Å². The van der Waals surface area contributed by atoms with Gasteiger partial charge in [0.25, 0.3) is 0 Å². The SMILES string of the molecule is [O-2].[O-2].[Ru+4].[Zr]. The van der Waals surface area contributed by atoms with Gasteiger partial charge in [-0.15, -0.1) is 0 Å². The molecule has 0 aliphatic heterocycles. The second kappa shape index (κ2) is 25.5. The van der Waals surface area contributed by atoms with E-state index in [-0.39, 0.29) is 56.6 Å². The summed E-state index contributed by atoms with van der Waals surface area (Å²) in [6.07, 6.45) is 0. The van der Waals surface area contributed by atoms with E-state index in [1.807, 2.05) is 0 Å². The van der Waals surface area contributed by atoms with Crippen LogP contribution in [0.15, 0.2) is 0 Å². The molecule has 0 aromatic carbocycles. The van der Waals surface area contributed by atoms with Gasteiger partial charge in [-0.05, 0) is 0 Å². The van der Waals surface area contributed by atoms with Gasteiger partial charge in [-0.3, -0.25) is 0 Å². The van der Waals surface area contributed by atoms with Gasteiger partial charge in [0.05, 0.1) is 0 Å². The Bertz CT molecular complexity index is 6.00. The molecule has 0 radical (unpaired) electrons. The van der Waals surface area contributed by atoms with Gasteiger partial charge in [-0.1, -0.05) is 0 Å². The summed E-state index contributed by atoms with van der Waals surface area (Å²) in [6.45, 7) is 0. The molecule has 0 heterocycles. The summed E-state index contributed by atoms with van der Waals surface area (Å²) in [6, 6.07) is 0. The van der Waals surface area contributed by atoms with E-state index in [4.69, 9.17) is 0 Å². The van der Waals surface area contributed by atoms with E-state index in [1.165, 1.54) is 0 Å². The van der Waals surface area contributed by atoms with Crippen molar-refractivity contribution in [3.05, 3.63) is 0 Å². The minimum absolute atomic E-state index is 0.